The van der Waals surface area contributed by atoms with Gasteiger partial charge in [-0.15, -0.1) is 0 Å². The molecule has 0 saturated carbocycles. The van der Waals surface area contributed by atoms with Crippen molar-refractivity contribution in [3.63, 3.8) is 0 Å². The standard InChI is InChI=1S/C18H23NO/c1-4-16(15-9-7-6-8-10-15)19-17-12-11-14(3)13-18(17)20-5-2/h6-13,16,19H,4-5H2,1-3H3. The van der Waals surface area contributed by atoms with E-state index in [1.807, 2.05) is 13.0 Å². The predicted octanol–water partition coefficient (Wildman–Crippen LogP) is 4.96. The Labute approximate surface area is 121 Å². The molecule has 0 aliphatic carbocycles. The van der Waals surface area contributed by atoms with Crippen molar-refractivity contribution in [2.24, 2.45) is 0 Å². The smallest absolute Gasteiger partial charge is 0.142 e. The third-order valence-corrected chi connectivity index (χ3v) is 3.38. The van der Waals surface area contributed by atoms with Crippen molar-refractivity contribution in [2.45, 2.75) is 33.2 Å². The molecule has 0 fully saturated rings. The first-order valence-corrected chi connectivity index (χ1v) is 7.29. The number of nitrogens with one attached hydrogen (secondary N) is 1. The molecule has 0 bridgehead atoms. The van der Waals surface area contributed by atoms with Crippen molar-refractivity contribution < 1.29 is 4.74 Å². The second-order valence-electron chi connectivity index (χ2n) is 4.95. The molecule has 2 heteroatoms. The molecule has 0 saturated heterocycles. The Hall–Kier alpha value is -1.96. The van der Waals surface area contributed by atoms with Gasteiger partial charge in [-0.2, -0.15) is 0 Å². The zero-order valence-electron chi connectivity index (χ0n) is 12.5. The van der Waals surface area contributed by atoms with Gasteiger partial charge < -0.3 is 10.1 Å². The SMILES string of the molecule is CCOc1cc(C)ccc1NC(CC)c1ccccc1. The molecule has 2 nitrogen and oxygen atoms in total. The van der Waals surface area contributed by atoms with E-state index < -0.39 is 0 Å². The van der Waals surface area contributed by atoms with Crippen molar-refractivity contribution >= 4 is 5.69 Å². The quantitative estimate of drug-likeness (QED) is 0.800. The van der Waals surface area contributed by atoms with Crippen LogP contribution in [0.3, 0.4) is 0 Å². The Balaban J connectivity index is 2.23. The average Bonchev–Trinajstić information content (AvgIpc) is 2.48. The van der Waals surface area contributed by atoms with E-state index in [4.69, 9.17) is 4.74 Å². The highest BCUT2D eigenvalue weighted by molar-refractivity contribution is 5.58. The summed E-state index contributed by atoms with van der Waals surface area (Å²) in [6.45, 7) is 6.97. The van der Waals surface area contributed by atoms with Crippen molar-refractivity contribution in [3.8, 4) is 5.75 Å². The summed E-state index contributed by atoms with van der Waals surface area (Å²) < 4.78 is 5.74. The fourth-order valence-electron chi connectivity index (χ4n) is 2.32. The predicted molar refractivity (Wildman–Crippen MR) is 85.4 cm³/mol. The first kappa shape index (κ1) is 14.4. The maximum Gasteiger partial charge on any atom is 0.142 e. The van der Waals surface area contributed by atoms with Crippen molar-refractivity contribution in [2.75, 3.05) is 11.9 Å². The highest BCUT2D eigenvalue weighted by atomic mass is 16.5. The summed E-state index contributed by atoms with van der Waals surface area (Å²) in [5.74, 6) is 0.932. The van der Waals surface area contributed by atoms with E-state index in [0.717, 1.165) is 17.9 Å². The highest BCUT2D eigenvalue weighted by Crippen LogP contribution is 2.30. The molecule has 1 atom stereocenters. The third kappa shape index (κ3) is 3.53. The van der Waals surface area contributed by atoms with Gasteiger partial charge in [0.2, 0.25) is 0 Å². The Morgan fingerprint density at radius 2 is 1.80 bits per heavy atom. The molecule has 0 heterocycles. The molecular weight excluding hydrogens is 246 g/mol. The Morgan fingerprint density at radius 1 is 1.05 bits per heavy atom. The summed E-state index contributed by atoms with van der Waals surface area (Å²) in [5.41, 5.74) is 3.58. The van der Waals surface area contributed by atoms with E-state index in [9.17, 15) is 0 Å². The summed E-state index contributed by atoms with van der Waals surface area (Å²) in [5, 5.41) is 3.60. The summed E-state index contributed by atoms with van der Waals surface area (Å²) in [7, 11) is 0. The first-order chi connectivity index (χ1) is 9.74. The number of anilines is 1. The maximum atomic E-state index is 5.74. The van der Waals surface area contributed by atoms with Crippen molar-refractivity contribution in [1.82, 2.24) is 0 Å². The van der Waals surface area contributed by atoms with Crippen molar-refractivity contribution in [3.05, 3.63) is 59.7 Å². The minimum absolute atomic E-state index is 0.304. The first-order valence-electron chi connectivity index (χ1n) is 7.29. The molecule has 0 aliphatic rings. The second-order valence-corrected chi connectivity index (χ2v) is 4.95. The normalized spacial score (nSPS) is 11.9. The van der Waals surface area contributed by atoms with Crippen LogP contribution < -0.4 is 10.1 Å². The molecule has 0 aromatic heterocycles. The zero-order chi connectivity index (χ0) is 14.4. The van der Waals surface area contributed by atoms with Gasteiger partial charge in [-0.25, -0.2) is 0 Å². The lowest BCUT2D eigenvalue weighted by Gasteiger charge is -2.21. The zero-order valence-corrected chi connectivity index (χ0v) is 12.5. The highest BCUT2D eigenvalue weighted by Gasteiger charge is 2.11. The molecule has 0 radical (unpaired) electrons. The maximum absolute atomic E-state index is 5.74. The summed E-state index contributed by atoms with van der Waals surface area (Å²) in [6.07, 6.45) is 1.03. The van der Waals surface area contributed by atoms with Crippen LogP contribution >= 0.6 is 0 Å². The minimum atomic E-state index is 0.304. The largest absolute Gasteiger partial charge is 0.492 e. The topological polar surface area (TPSA) is 21.3 Å². The van der Waals surface area contributed by atoms with Gasteiger partial charge in [0, 0.05) is 0 Å². The molecular formula is C18H23NO. The van der Waals surface area contributed by atoms with E-state index in [2.05, 4.69) is 61.6 Å². The molecule has 0 spiro atoms. The van der Waals surface area contributed by atoms with Crippen molar-refractivity contribution in [1.29, 1.82) is 0 Å². The van der Waals surface area contributed by atoms with E-state index in [1.54, 1.807) is 0 Å². The second kappa shape index (κ2) is 6.99. The molecule has 2 rings (SSSR count). The average molecular weight is 269 g/mol. The van der Waals surface area contributed by atoms with E-state index in [1.165, 1.54) is 11.1 Å². The lowest BCUT2D eigenvalue weighted by atomic mass is 10.0. The molecule has 1 N–H and O–H groups in total. The van der Waals surface area contributed by atoms with Crippen LogP contribution in [0.15, 0.2) is 48.5 Å². The fraction of sp³-hybridized carbons (Fsp3) is 0.333. The van der Waals surface area contributed by atoms with Gasteiger partial charge in [0.25, 0.3) is 0 Å². The third-order valence-electron chi connectivity index (χ3n) is 3.38. The number of hydrogen-bond acceptors (Lipinski definition) is 2. The fourth-order valence-corrected chi connectivity index (χ4v) is 2.32. The monoisotopic (exact) mass is 269 g/mol. The Kier molecular flexibility index (Phi) is 5.05. The van der Waals surface area contributed by atoms with Crippen LogP contribution in [0.2, 0.25) is 0 Å². The summed E-state index contributed by atoms with van der Waals surface area (Å²) in [4.78, 5) is 0. The van der Waals surface area contributed by atoms with Crippen LogP contribution in [-0.2, 0) is 0 Å². The summed E-state index contributed by atoms with van der Waals surface area (Å²) >= 11 is 0. The molecule has 2 aromatic carbocycles. The lowest BCUT2D eigenvalue weighted by molar-refractivity contribution is 0.341. The van der Waals surface area contributed by atoms with Gasteiger partial charge in [0.05, 0.1) is 18.3 Å². The summed E-state index contributed by atoms with van der Waals surface area (Å²) in [6, 6.07) is 17.1. The molecule has 20 heavy (non-hydrogen) atoms. The van der Waals surface area contributed by atoms with Gasteiger partial charge in [-0.1, -0.05) is 43.3 Å². The minimum Gasteiger partial charge on any atom is -0.492 e. The van der Waals surface area contributed by atoms with Gasteiger partial charge in [-0.05, 0) is 43.5 Å². The van der Waals surface area contributed by atoms with Crippen LogP contribution in [0.1, 0.15) is 37.4 Å². The lowest BCUT2D eigenvalue weighted by Crippen LogP contribution is -2.10. The van der Waals surface area contributed by atoms with Gasteiger partial charge >= 0.3 is 0 Å². The Morgan fingerprint density at radius 3 is 2.45 bits per heavy atom. The number of benzene rings is 2. The molecule has 2 aromatic rings. The number of aryl methyl sites for hydroxylation is 1. The van der Waals surface area contributed by atoms with E-state index >= 15 is 0 Å². The van der Waals surface area contributed by atoms with Gasteiger partial charge in [0.15, 0.2) is 0 Å². The van der Waals surface area contributed by atoms with Gasteiger partial charge in [-0.3, -0.25) is 0 Å². The molecule has 0 amide bonds. The van der Waals surface area contributed by atoms with Crippen LogP contribution in [0, 0.1) is 6.92 Å². The molecule has 1 unspecified atom stereocenters. The van der Waals surface area contributed by atoms with Gasteiger partial charge in [0.1, 0.15) is 5.75 Å². The van der Waals surface area contributed by atoms with Crippen LogP contribution in [0.25, 0.3) is 0 Å². The van der Waals surface area contributed by atoms with Crippen LogP contribution in [-0.4, -0.2) is 6.61 Å². The number of ether oxygens (including phenoxy) is 1. The molecule has 106 valence electrons. The Bertz CT molecular complexity index is 536. The van der Waals surface area contributed by atoms with Crippen LogP contribution in [0.5, 0.6) is 5.75 Å². The van der Waals surface area contributed by atoms with E-state index in [0.29, 0.717) is 12.6 Å². The number of rotatable bonds is 6. The number of hydrogen-bond donors (Lipinski definition) is 1. The van der Waals surface area contributed by atoms with Crippen LogP contribution in [0.4, 0.5) is 5.69 Å². The molecule has 0 aliphatic heterocycles. The van der Waals surface area contributed by atoms with E-state index in [-0.39, 0.29) is 0 Å².